The molecule has 5 nitrogen and oxygen atoms in total. The molecule has 1 aromatic carbocycles. The first-order valence-corrected chi connectivity index (χ1v) is 6.66. The Kier molecular flexibility index (Phi) is 3.14. The summed E-state index contributed by atoms with van der Waals surface area (Å²) in [7, 11) is 1.80. The molecule has 0 atom stereocenters. The van der Waals surface area contributed by atoms with Crippen molar-refractivity contribution in [3.05, 3.63) is 52.8 Å². The summed E-state index contributed by atoms with van der Waals surface area (Å²) in [5.74, 6) is -1.60. The monoisotopic (exact) mass is 302 g/mol. The van der Waals surface area contributed by atoms with Gasteiger partial charge in [0.1, 0.15) is 0 Å². The van der Waals surface area contributed by atoms with E-state index in [0.717, 1.165) is 4.90 Å². The molecule has 0 N–H and O–H groups in total. The standard InChI is InChI=1S/C15H11ClN2O3/c1-17-6-5-9(7-17)12(19)8-18-13-10(14(20)15(18)21)3-2-4-11(13)16/h2-7H,8H2,1H3. The fraction of sp³-hybridized carbons (Fsp3) is 0.133. The maximum Gasteiger partial charge on any atom is 0.299 e. The van der Waals surface area contributed by atoms with Crippen LogP contribution in [0, 0.1) is 0 Å². The van der Waals surface area contributed by atoms with Crippen molar-refractivity contribution < 1.29 is 14.4 Å². The van der Waals surface area contributed by atoms with Gasteiger partial charge in [-0.1, -0.05) is 17.7 Å². The van der Waals surface area contributed by atoms with Crippen LogP contribution in [0.2, 0.25) is 5.02 Å². The molecule has 0 bridgehead atoms. The van der Waals surface area contributed by atoms with Gasteiger partial charge in [0.15, 0.2) is 5.78 Å². The summed E-state index contributed by atoms with van der Waals surface area (Å²) in [4.78, 5) is 37.3. The molecule has 1 amide bonds. The smallest absolute Gasteiger partial charge is 0.299 e. The average Bonchev–Trinajstić information content (AvgIpc) is 2.98. The van der Waals surface area contributed by atoms with E-state index in [2.05, 4.69) is 0 Å². The van der Waals surface area contributed by atoms with Crippen molar-refractivity contribution in [3.8, 4) is 0 Å². The van der Waals surface area contributed by atoms with Gasteiger partial charge in [-0.15, -0.1) is 0 Å². The largest absolute Gasteiger partial charge is 0.357 e. The van der Waals surface area contributed by atoms with Crippen LogP contribution in [0.15, 0.2) is 36.7 Å². The summed E-state index contributed by atoms with van der Waals surface area (Å²) >= 11 is 6.07. The van der Waals surface area contributed by atoms with Crippen molar-refractivity contribution in [2.45, 2.75) is 0 Å². The van der Waals surface area contributed by atoms with E-state index in [1.54, 1.807) is 42.2 Å². The minimum absolute atomic E-state index is 0.203. The minimum Gasteiger partial charge on any atom is -0.357 e. The number of nitrogens with zero attached hydrogens (tertiary/aromatic N) is 2. The Balaban J connectivity index is 1.95. The lowest BCUT2D eigenvalue weighted by Crippen LogP contribution is -2.34. The molecular formula is C15H11ClN2O3. The number of halogens is 1. The number of Topliss-reactive ketones (excluding diaryl/α,β-unsaturated/α-hetero) is 2. The van der Waals surface area contributed by atoms with E-state index in [-0.39, 0.29) is 22.9 Å². The third-order valence-corrected chi connectivity index (χ3v) is 3.70. The molecule has 0 spiro atoms. The van der Waals surface area contributed by atoms with E-state index in [9.17, 15) is 14.4 Å². The van der Waals surface area contributed by atoms with Crippen molar-refractivity contribution in [1.29, 1.82) is 0 Å². The third kappa shape index (κ3) is 2.15. The van der Waals surface area contributed by atoms with E-state index in [0.29, 0.717) is 11.3 Å². The second-order valence-electron chi connectivity index (χ2n) is 4.85. The summed E-state index contributed by atoms with van der Waals surface area (Å²) in [6.45, 7) is -0.203. The molecule has 0 saturated heterocycles. The minimum atomic E-state index is -0.720. The lowest BCUT2D eigenvalue weighted by molar-refractivity contribution is -0.114. The third-order valence-electron chi connectivity index (χ3n) is 3.40. The van der Waals surface area contributed by atoms with Gasteiger partial charge in [-0.3, -0.25) is 19.3 Å². The summed E-state index contributed by atoms with van der Waals surface area (Å²) in [6.07, 6.45) is 3.41. The predicted molar refractivity (Wildman–Crippen MR) is 77.9 cm³/mol. The number of para-hydroxylation sites is 1. The van der Waals surface area contributed by atoms with E-state index < -0.39 is 11.7 Å². The number of carbonyl (C=O) groups excluding carboxylic acids is 3. The number of hydrogen-bond donors (Lipinski definition) is 0. The molecule has 3 rings (SSSR count). The summed E-state index contributed by atoms with van der Waals surface area (Å²) < 4.78 is 1.74. The highest BCUT2D eigenvalue weighted by molar-refractivity contribution is 6.54. The number of hydrogen-bond acceptors (Lipinski definition) is 3. The van der Waals surface area contributed by atoms with Crippen LogP contribution >= 0.6 is 11.6 Å². The molecule has 2 aromatic rings. The van der Waals surface area contributed by atoms with Gasteiger partial charge in [-0.2, -0.15) is 0 Å². The first kappa shape index (κ1) is 13.6. The van der Waals surface area contributed by atoms with Gasteiger partial charge < -0.3 is 4.57 Å². The Bertz CT molecular complexity index is 779. The molecule has 21 heavy (non-hydrogen) atoms. The Labute approximate surface area is 125 Å². The number of anilines is 1. The average molecular weight is 303 g/mol. The Hall–Kier alpha value is -2.40. The zero-order valence-corrected chi connectivity index (χ0v) is 11.9. The van der Waals surface area contributed by atoms with Gasteiger partial charge in [0.2, 0.25) is 0 Å². The highest BCUT2D eigenvalue weighted by Crippen LogP contribution is 2.35. The summed E-state index contributed by atoms with van der Waals surface area (Å²) in [5, 5.41) is 0.285. The maximum absolute atomic E-state index is 12.2. The molecule has 1 aliphatic heterocycles. The molecule has 6 heteroatoms. The van der Waals surface area contributed by atoms with Crippen LogP contribution in [0.3, 0.4) is 0 Å². The molecule has 0 aliphatic carbocycles. The SMILES string of the molecule is Cn1ccc(C(=O)CN2C(=O)C(=O)c3cccc(Cl)c32)c1. The Morgan fingerprint density at radius 3 is 2.67 bits per heavy atom. The van der Waals surface area contributed by atoms with Gasteiger partial charge >= 0.3 is 0 Å². The van der Waals surface area contributed by atoms with Crippen molar-refractivity contribution in [2.24, 2.45) is 7.05 Å². The quantitative estimate of drug-likeness (QED) is 0.644. The lowest BCUT2D eigenvalue weighted by atomic mass is 10.1. The zero-order valence-electron chi connectivity index (χ0n) is 11.2. The first-order chi connectivity index (χ1) is 9.99. The fourth-order valence-electron chi connectivity index (χ4n) is 2.37. The second kappa shape index (κ2) is 4.86. The van der Waals surface area contributed by atoms with E-state index in [4.69, 9.17) is 11.6 Å². The lowest BCUT2D eigenvalue weighted by Gasteiger charge is -2.16. The maximum atomic E-state index is 12.2. The molecule has 2 heterocycles. The van der Waals surface area contributed by atoms with Gasteiger partial charge in [0, 0.05) is 25.0 Å². The Morgan fingerprint density at radius 1 is 1.24 bits per heavy atom. The summed E-state index contributed by atoms with van der Waals surface area (Å²) in [6, 6.07) is 6.40. The number of amides is 1. The van der Waals surface area contributed by atoms with Crippen molar-refractivity contribution in [1.82, 2.24) is 4.57 Å². The Morgan fingerprint density at radius 2 is 2.00 bits per heavy atom. The van der Waals surface area contributed by atoms with Crippen LogP contribution < -0.4 is 4.90 Å². The number of fused-ring (bicyclic) bond motifs is 1. The van der Waals surface area contributed by atoms with E-state index in [1.165, 1.54) is 6.07 Å². The van der Waals surface area contributed by atoms with Crippen LogP contribution in [0.25, 0.3) is 0 Å². The van der Waals surface area contributed by atoms with Crippen molar-refractivity contribution >= 4 is 34.8 Å². The second-order valence-corrected chi connectivity index (χ2v) is 5.25. The van der Waals surface area contributed by atoms with Crippen LogP contribution in [-0.2, 0) is 11.8 Å². The van der Waals surface area contributed by atoms with Crippen molar-refractivity contribution in [2.75, 3.05) is 11.4 Å². The number of carbonyl (C=O) groups is 3. The number of aryl methyl sites for hydroxylation is 1. The number of benzene rings is 1. The van der Waals surface area contributed by atoms with Gasteiger partial charge in [0.05, 0.1) is 22.8 Å². The number of rotatable bonds is 3. The van der Waals surface area contributed by atoms with Crippen LogP contribution in [0.1, 0.15) is 20.7 Å². The van der Waals surface area contributed by atoms with Crippen LogP contribution in [-0.4, -0.2) is 28.6 Å². The normalized spacial score (nSPS) is 13.7. The van der Waals surface area contributed by atoms with E-state index >= 15 is 0 Å². The predicted octanol–water partition coefficient (Wildman–Crippen LogP) is 2.09. The molecule has 0 unspecified atom stereocenters. The fourth-order valence-corrected chi connectivity index (χ4v) is 2.64. The molecule has 0 saturated carbocycles. The van der Waals surface area contributed by atoms with Gasteiger partial charge in [-0.05, 0) is 18.2 Å². The molecule has 106 valence electrons. The molecule has 1 aromatic heterocycles. The highest BCUT2D eigenvalue weighted by atomic mass is 35.5. The topological polar surface area (TPSA) is 59.4 Å². The van der Waals surface area contributed by atoms with Crippen LogP contribution in [0.4, 0.5) is 5.69 Å². The van der Waals surface area contributed by atoms with Crippen molar-refractivity contribution in [3.63, 3.8) is 0 Å². The van der Waals surface area contributed by atoms with E-state index in [1.807, 2.05) is 0 Å². The molecule has 0 fully saturated rings. The first-order valence-electron chi connectivity index (χ1n) is 6.29. The molecule has 1 aliphatic rings. The van der Waals surface area contributed by atoms with Gasteiger partial charge in [0.25, 0.3) is 11.7 Å². The summed E-state index contributed by atoms with van der Waals surface area (Å²) in [5.41, 5.74) is 1.05. The van der Waals surface area contributed by atoms with Gasteiger partial charge in [-0.25, -0.2) is 0 Å². The molecular weight excluding hydrogens is 292 g/mol. The number of ketones is 2. The van der Waals surface area contributed by atoms with Crippen LogP contribution in [0.5, 0.6) is 0 Å². The number of aromatic nitrogens is 1. The molecule has 0 radical (unpaired) electrons. The highest BCUT2D eigenvalue weighted by Gasteiger charge is 2.38. The zero-order chi connectivity index (χ0) is 15.1.